The number of hydrogen-bond donors (Lipinski definition) is 0. The molecule has 0 unspecified atom stereocenters. The molecule has 0 fully saturated rings. The Labute approximate surface area is 77.9 Å². The number of rotatable bonds is 4. The standard InChI is InChI=1S/C6H7NOS3/c1-9-5-4-6(11-7-5)10-3-2-8/h2,4H,3H2,1H3. The van der Waals surface area contributed by atoms with Crippen molar-refractivity contribution in [1.82, 2.24) is 4.37 Å². The van der Waals surface area contributed by atoms with Crippen LogP contribution in [0.3, 0.4) is 0 Å². The van der Waals surface area contributed by atoms with Crippen LogP contribution in [0.15, 0.2) is 15.3 Å². The summed E-state index contributed by atoms with van der Waals surface area (Å²) in [7, 11) is 0. The van der Waals surface area contributed by atoms with E-state index in [2.05, 4.69) is 4.37 Å². The van der Waals surface area contributed by atoms with Crippen LogP contribution in [0, 0.1) is 0 Å². The maximum absolute atomic E-state index is 10.0. The van der Waals surface area contributed by atoms with Gasteiger partial charge in [-0.05, 0) is 23.9 Å². The number of carbonyl (C=O) groups excluding carboxylic acids is 1. The van der Waals surface area contributed by atoms with Crippen molar-refractivity contribution in [3.8, 4) is 0 Å². The van der Waals surface area contributed by atoms with Crippen molar-refractivity contribution in [2.24, 2.45) is 0 Å². The van der Waals surface area contributed by atoms with Gasteiger partial charge in [-0.25, -0.2) is 0 Å². The van der Waals surface area contributed by atoms with Gasteiger partial charge in [0.25, 0.3) is 0 Å². The second-order valence-electron chi connectivity index (χ2n) is 1.67. The van der Waals surface area contributed by atoms with Gasteiger partial charge in [-0.15, -0.1) is 23.5 Å². The van der Waals surface area contributed by atoms with E-state index in [1.807, 2.05) is 12.3 Å². The molecular weight excluding hydrogens is 198 g/mol. The molecule has 0 spiro atoms. The molecule has 1 heterocycles. The lowest BCUT2D eigenvalue weighted by molar-refractivity contribution is -0.105. The minimum absolute atomic E-state index is 0.524. The Balaban J connectivity index is 2.50. The summed E-state index contributed by atoms with van der Waals surface area (Å²) < 4.78 is 5.27. The van der Waals surface area contributed by atoms with Gasteiger partial charge in [0, 0.05) is 0 Å². The van der Waals surface area contributed by atoms with E-state index in [0.29, 0.717) is 5.75 Å². The van der Waals surface area contributed by atoms with Crippen LogP contribution in [-0.4, -0.2) is 22.7 Å². The second-order valence-corrected chi connectivity index (χ2v) is 4.62. The summed E-state index contributed by atoms with van der Waals surface area (Å²) in [6.45, 7) is 0. The Hall–Kier alpha value is -0.0000000000000000833. The van der Waals surface area contributed by atoms with Gasteiger partial charge < -0.3 is 4.79 Å². The molecule has 60 valence electrons. The SMILES string of the molecule is CSc1cc(SCC=O)sn1. The summed E-state index contributed by atoms with van der Waals surface area (Å²) in [6, 6.07) is 2.00. The lowest BCUT2D eigenvalue weighted by Gasteiger charge is -1.85. The zero-order chi connectivity index (χ0) is 8.10. The Kier molecular flexibility index (Phi) is 3.96. The first kappa shape index (κ1) is 9.09. The highest BCUT2D eigenvalue weighted by molar-refractivity contribution is 8.01. The van der Waals surface area contributed by atoms with Gasteiger partial charge >= 0.3 is 0 Å². The van der Waals surface area contributed by atoms with Gasteiger partial charge in [-0.1, -0.05) is 0 Å². The number of nitrogens with zero attached hydrogens (tertiary/aromatic N) is 1. The number of aldehydes is 1. The lowest BCUT2D eigenvalue weighted by atomic mass is 10.8. The molecule has 0 N–H and O–H groups in total. The van der Waals surface area contributed by atoms with Crippen LogP contribution < -0.4 is 0 Å². The summed E-state index contributed by atoms with van der Waals surface area (Å²) in [5, 5.41) is 1.03. The van der Waals surface area contributed by atoms with Crippen LogP contribution in [0.2, 0.25) is 0 Å². The summed E-state index contributed by atoms with van der Waals surface area (Å²) in [6.07, 6.45) is 2.90. The van der Waals surface area contributed by atoms with E-state index in [9.17, 15) is 4.79 Å². The zero-order valence-corrected chi connectivity index (χ0v) is 8.39. The predicted molar refractivity (Wildman–Crippen MR) is 50.7 cm³/mol. The second kappa shape index (κ2) is 4.79. The first-order chi connectivity index (χ1) is 5.36. The molecule has 0 atom stereocenters. The van der Waals surface area contributed by atoms with Crippen LogP contribution in [0.25, 0.3) is 0 Å². The topological polar surface area (TPSA) is 30.0 Å². The Bertz CT molecular complexity index is 235. The highest BCUT2D eigenvalue weighted by atomic mass is 32.2. The quantitative estimate of drug-likeness (QED) is 0.556. The van der Waals surface area contributed by atoms with Crippen molar-refractivity contribution in [1.29, 1.82) is 0 Å². The number of hydrogen-bond acceptors (Lipinski definition) is 5. The Morgan fingerprint density at radius 2 is 2.64 bits per heavy atom. The molecule has 2 nitrogen and oxygen atoms in total. The molecule has 1 rings (SSSR count). The molecular formula is C6H7NOS3. The average molecular weight is 205 g/mol. The monoisotopic (exact) mass is 205 g/mol. The van der Waals surface area contributed by atoms with E-state index in [4.69, 9.17) is 0 Å². The van der Waals surface area contributed by atoms with Gasteiger partial charge in [0.1, 0.15) is 11.3 Å². The van der Waals surface area contributed by atoms with E-state index in [0.717, 1.165) is 15.5 Å². The molecule has 0 aliphatic carbocycles. The number of aromatic nitrogens is 1. The van der Waals surface area contributed by atoms with E-state index < -0.39 is 0 Å². The minimum atomic E-state index is 0.524. The van der Waals surface area contributed by atoms with Gasteiger partial charge in [-0.3, -0.25) is 0 Å². The third-order valence-electron chi connectivity index (χ3n) is 0.970. The third kappa shape index (κ3) is 2.84. The molecule has 1 aromatic rings. The number of thioether (sulfide) groups is 2. The largest absolute Gasteiger partial charge is 0.302 e. The van der Waals surface area contributed by atoms with Gasteiger partial charge in [-0.2, -0.15) is 4.37 Å². The first-order valence-electron chi connectivity index (χ1n) is 2.94. The lowest BCUT2D eigenvalue weighted by Crippen LogP contribution is -1.73. The van der Waals surface area contributed by atoms with Crippen LogP contribution in [-0.2, 0) is 4.79 Å². The molecule has 0 radical (unpaired) electrons. The van der Waals surface area contributed by atoms with Crippen LogP contribution >= 0.6 is 35.1 Å². The fourth-order valence-corrected chi connectivity index (χ4v) is 2.67. The summed E-state index contributed by atoms with van der Waals surface area (Å²) >= 11 is 4.60. The van der Waals surface area contributed by atoms with Gasteiger partial charge in [0.15, 0.2) is 0 Å². The molecule has 11 heavy (non-hydrogen) atoms. The van der Waals surface area contributed by atoms with E-state index >= 15 is 0 Å². The molecule has 0 aliphatic rings. The van der Waals surface area contributed by atoms with E-state index in [-0.39, 0.29) is 0 Å². The van der Waals surface area contributed by atoms with Crippen LogP contribution in [0.1, 0.15) is 0 Å². The predicted octanol–water partition coefficient (Wildman–Crippen LogP) is 2.16. The van der Waals surface area contributed by atoms with Crippen LogP contribution in [0.5, 0.6) is 0 Å². The molecule has 0 bridgehead atoms. The molecule has 0 saturated carbocycles. The van der Waals surface area contributed by atoms with E-state index in [1.165, 1.54) is 23.3 Å². The zero-order valence-electron chi connectivity index (χ0n) is 5.94. The van der Waals surface area contributed by atoms with Crippen molar-refractivity contribution < 1.29 is 4.79 Å². The summed E-state index contributed by atoms with van der Waals surface area (Å²) in [5.41, 5.74) is 0. The number of carbonyl (C=O) groups is 1. The smallest absolute Gasteiger partial charge is 0.130 e. The maximum atomic E-state index is 10.0. The van der Waals surface area contributed by atoms with Gasteiger partial charge in [0.05, 0.1) is 9.96 Å². The fourth-order valence-electron chi connectivity index (χ4n) is 0.524. The highest BCUT2D eigenvalue weighted by Gasteiger charge is 1.99. The minimum Gasteiger partial charge on any atom is -0.302 e. The summed E-state index contributed by atoms with van der Waals surface area (Å²) in [4.78, 5) is 10.0. The van der Waals surface area contributed by atoms with Crippen molar-refractivity contribution in [3.05, 3.63) is 6.07 Å². The fraction of sp³-hybridized carbons (Fsp3) is 0.333. The van der Waals surface area contributed by atoms with Crippen molar-refractivity contribution in [2.75, 3.05) is 12.0 Å². The molecule has 0 aromatic carbocycles. The van der Waals surface area contributed by atoms with Crippen molar-refractivity contribution in [3.63, 3.8) is 0 Å². The third-order valence-corrected chi connectivity index (χ3v) is 3.58. The molecule has 0 saturated heterocycles. The Morgan fingerprint density at radius 3 is 3.18 bits per heavy atom. The van der Waals surface area contributed by atoms with Crippen LogP contribution in [0.4, 0.5) is 0 Å². The van der Waals surface area contributed by atoms with Crippen molar-refractivity contribution in [2.45, 2.75) is 9.24 Å². The van der Waals surface area contributed by atoms with E-state index in [1.54, 1.807) is 11.8 Å². The summed E-state index contributed by atoms with van der Waals surface area (Å²) in [5.74, 6) is 0.524. The normalized spacial score (nSPS) is 9.91. The highest BCUT2D eigenvalue weighted by Crippen LogP contribution is 2.26. The van der Waals surface area contributed by atoms with Gasteiger partial charge in [0.2, 0.25) is 0 Å². The average Bonchev–Trinajstić information content (AvgIpc) is 2.48. The molecule has 1 aromatic heterocycles. The van der Waals surface area contributed by atoms with Crippen molar-refractivity contribution >= 4 is 41.3 Å². The first-order valence-corrected chi connectivity index (χ1v) is 5.92. The maximum Gasteiger partial charge on any atom is 0.130 e. The Morgan fingerprint density at radius 1 is 1.82 bits per heavy atom. The molecule has 0 amide bonds. The molecule has 0 aliphatic heterocycles. The molecule has 5 heteroatoms.